The van der Waals surface area contributed by atoms with Gasteiger partial charge in [-0.25, -0.2) is 0 Å². The second kappa shape index (κ2) is 6.39. The van der Waals surface area contributed by atoms with Gasteiger partial charge in [0.05, 0.1) is 5.56 Å². The van der Waals surface area contributed by atoms with Crippen molar-refractivity contribution in [3.05, 3.63) is 28.2 Å². The van der Waals surface area contributed by atoms with E-state index in [1.165, 1.54) is 0 Å². The first kappa shape index (κ1) is 14.5. The molecule has 1 aromatic carbocycles. The molecular formula is C12H15BrN2O3. The van der Waals surface area contributed by atoms with Crippen LogP contribution in [0.3, 0.4) is 0 Å². The minimum absolute atomic E-state index is 0.0732. The molecule has 5 nitrogen and oxygen atoms in total. The highest BCUT2D eigenvalue weighted by Crippen LogP contribution is 2.24. The van der Waals surface area contributed by atoms with Gasteiger partial charge in [0.25, 0.3) is 0 Å². The average Bonchev–Trinajstić information content (AvgIpc) is 2.27. The molecule has 0 fully saturated rings. The number of carbonyl (C=O) groups excluding carboxylic acids is 1. The smallest absolute Gasteiger partial charge is 0.323 e. The average molecular weight is 315 g/mol. The first-order valence-corrected chi connectivity index (χ1v) is 6.31. The van der Waals surface area contributed by atoms with Gasteiger partial charge >= 0.3 is 5.97 Å². The highest BCUT2D eigenvalue weighted by Gasteiger charge is 2.13. The number of nitrogens with zero attached hydrogens (tertiary/aromatic N) is 1. The van der Waals surface area contributed by atoms with Crippen molar-refractivity contribution in [3.8, 4) is 0 Å². The van der Waals surface area contributed by atoms with Crippen LogP contribution in [0, 0.1) is 0 Å². The lowest BCUT2D eigenvalue weighted by Gasteiger charge is -2.22. The fourth-order valence-corrected chi connectivity index (χ4v) is 2.20. The number of carboxylic acid groups (broad SMARTS) is 1. The molecule has 18 heavy (non-hydrogen) atoms. The van der Waals surface area contributed by atoms with Crippen LogP contribution < -0.4 is 10.6 Å². The number of rotatable bonds is 6. The lowest BCUT2D eigenvalue weighted by atomic mass is 10.2. The van der Waals surface area contributed by atoms with E-state index >= 15 is 0 Å². The Hall–Kier alpha value is -1.56. The molecule has 1 rings (SSSR count). The molecule has 0 saturated heterocycles. The third-order valence-electron chi connectivity index (χ3n) is 2.40. The Labute approximate surface area is 114 Å². The molecule has 0 spiro atoms. The van der Waals surface area contributed by atoms with Crippen LogP contribution in [0.15, 0.2) is 22.7 Å². The van der Waals surface area contributed by atoms with Crippen molar-refractivity contribution in [1.82, 2.24) is 0 Å². The maximum atomic E-state index is 11.1. The molecule has 1 amide bonds. The molecule has 0 aliphatic carbocycles. The van der Waals surface area contributed by atoms with Crippen LogP contribution in [0.1, 0.15) is 23.7 Å². The van der Waals surface area contributed by atoms with Crippen molar-refractivity contribution in [3.63, 3.8) is 0 Å². The van der Waals surface area contributed by atoms with Gasteiger partial charge < -0.3 is 15.7 Å². The van der Waals surface area contributed by atoms with E-state index in [2.05, 4.69) is 15.9 Å². The van der Waals surface area contributed by atoms with Gasteiger partial charge in [0.2, 0.25) is 5.91 Å². The van der Waals surface area contributed by atoms with Crippen LogP contribution in [0.25, 0.3) is 0 Å². The zero-order valence-electron chi connectivity index (χ0n) is 10.0. The van der Waals surface area contributed by atoms with Crippen LogP contribution >= 0.6 is 15.9 Å². The van der Waals surface area contributed by atoms with E-state index in [1.54, 1.807) is 23.1 Å². The van der Waals surface area contributed by atoms with E-state index in [-0.39, 0.29) is 6.54 Å². The summed E-state index contributed by atoms with van der Waals surface area (Å²) in [4.78, 5) is 23.6. The van der Waals surface area contributed by atoms with E-state index < -0.39 is 11.9 Å². The number of nitrogens with two attached hydrogens (primary N) is 1. The number of amides is 1. The lowest BCUT2D eigenvalue weighted by Crippen LogP contribution is -2.30. The Morgan fingerprint density at radius 2 is 2.11 bits per heavy atom. The van der Waals surface area contributed by atoms with Gasteiger partial charge in [-0.2, -0.15) is 0 Å². The fourth-order valence-electron chi connectivity index (χ4n) is 1.63. The summed E-state index contributed by atoms with van der Waals surface area (Å²) in [6.07, 6.45) is 0.836. The first-order valence-electron chi connectivity index (χ1n) is 5.51. The van der Waals surface area contributed by atoms with Gasteiger partial charge in [-0.05, 0) is 40.5 Å². The van der Waals surface area contributed by atoms with E-state index in [4.69, 9.17) is 10.8 Å². The number of anilines is 1. The molecule has 0 heterocycles. The molecule has 0 saturated carbocycles. The predicted octanol–water partition coefficient (Wildman–Crippen LogP) is 1.85. The number of hydrogen-bond donors (Lipinski definition) is 2. The molecule has 0 aliphatic heterocycles. The highest BCUT2D eigenvalue weighted by atomic mass is 79.9. The maximum Gasteiger partial charge on any atom is 0.323 e. The topological polar surface area (TPSA) is 83.6 Å². The molecule has 1 aromatic rings. The predicted molar refractivity (Wildman–Crippen MR) is 72.8 cm³/mol. The minimum Gasteiger partial charge on any atom is -0.480 e. The minimum atomic E-state index is -0.890. The van der Waals surface area contributed by atoms with Gasteiger partial charge in [0.1, 0.15) is 6.54 Å². The number of aliphatic carboxylic acids is 1. The monoisotopic (exact) mass is 314 g/mol. The number of hydrogen-bond acceptors (Lipinski definition) is 3. The summed E-state index contributed by atoms with van der Waals surface area (Å²) in [6, 6.07) is 4.99. The van der Waals surface area contributed by atoms with E-state index in [0.29, 0.717) is 16.6 Å². The van der Waals surface area contributed by atoms with Crippen molar-refractivity contribution in [2.45, 2.75) is 13.3 Å². The quantitative estimate of drug-likeness (QED) is 0.839. The van der Waals surface area contributed by atoms with Gasteiger partial charge in [0.15, 0.2) is 0 Å². The molecule has 3 N–H and O–H groups in total. The van der Waals surface area contributed by atoms with Gasteiger partial charge in [-0.3, -0.25) is 9.59 Å². The number of halogens is 1. The number of primary amides is 1. The molecular weight excluding hydrogens is 300 g/mol. The van der Waals surface area contributed by atoms with Crippen molar-refractivity contribution in [2.24, 2.45) is 5.73 Å². The largest absolute Gasteiger partial charge is 0.480 e. The van der Waals surface area contributed by atoms with Crippen molar-refractivity contribution in [1.29, 1.82) is 0 Å². The van der Waals surface area contributed by atoms with E-state index in [9.17, 15) is 9.59 Å². The summed E-state index contributed by atoms with van der Waals surface area (Å²) >= 11 is 3.26. The second-order valence-electron chi connectivity index (χ2n) is 3.84. The van der Waals surface area contributed by atoms with Crippen molar-refractivity contribution < 1.29 is 14.7 Å². The number of benzene rings is 1. The third-order valence-corrected chi connectivity index (χ3v) is 3.06. The first-order chi connectivity index (χ1) is 8.45. The zero-order chi connectivity index (χ0) is 13.7. The number of carboxylic acids is 1. The summed E-state index contributed by atoms with van der Waals surface area (Å²) < 4.78 is 0.569. The molecule has 0 aliphatic rings. The summed E-state index contributed by atoms with van der Waals surface area (Å²) in [5, 5.41) is 8.86. The Kier molecular flexibility index (Phi) is 5.15. The van der Waals surface area contributed by atoms with E-state index in [0.717, 1.165) is 12.1 Å². The van der Waals surface area contributed by atoms with Gasteiger partial charge in [-0.15, -0.1) is 0 Å². The normalized spacial score (nSPS) is 10.1. The highest BCUT2D eigenvalue weighted by molar-refractivity contribution is 9.10. The van der Waals surface area contributed by atoms with Crippen LogP contribution in [0.5, 0.6) is 0 Å². The Balaban J connectivity index is 3.02. The van der Waals surface area contributed by atoms with Gasteiger partial charge in [-0.1, -0.05) is 6.92 Å². The number of carbonyl (C=O) groups is 2. The van der Waals surface area contributed by atoms with Crippen LogP contribution in [-0.2, 0) is 4.79 Å². The van der Waals surface area contributed by atoms with Gasteiger partial charge in [0, 0.05) is 16.7 Å². The third kappa shape index (κ3) is 3.73. The maximum absolute atomic E-state index is 11.1. The Morgan fingerprint density at radius 1 is 1.44 bits per heavy atom. The Morgan fingerprint density at radius 3 is 2.56 bits per heavy atom. The van der Waals surface area contributed by atoms with Crippen LogP contribution in [0.2, 0.25) is 0 Å². The Bertz CT molecular complexity index is 463. The fraction of sp³-hybridized carbons (Fsp3) is 0.333. The summed E-state index contributed by atoms with van der Waals surface area (Å²) in [5.74, 6) is -1.41. The van der Waals surface area contributed by atoms with E-state index in [1.807, 2.05) is 6.92 Å². The van der Waals surface area contributed by atoms with Crippen molar-refractivity contribution in [2.75, 3.05) is 18.0 Å². The molecule has 0 aromatic heterocycles. The van der Waals surface area contributed by atoms with Crippen LogP contribution in [0.4, 0.5) is 5.69 Å². The molecule has 98 valence electrons. The molecule has 0 atom stereocenters. The summed E-state index contributed by atoms with van der Waals surface area (Å²) in [5.41, 5.74) is 6.33. The molecule has 0 radical (unpaired) electrons. The SMILES string of the molecule is CCCN(CC(=O)O)c1ccc(C(N)=O)c(Br)c1. The summed E-state index contributed by atoms with van der Waals surface area (Å²) in [7, 11) is 0. The van der Waals surface area contributed by atoms with Crippen LogP contribution in [-0.4, -0.2) is 30.1 Å². The van der Waals surface area contributed by atoms with Crippen molar-refractivity contribution >= 4 is 33.5 Å². The summed E-state index contributed by atoms with van der Waals surface area (Å²) in [6.45, 7) is 2.53. The molecule has 6 heteroatoms. The molecule has 0 unspecified atom stereocenters. The molecule has 0 bridgehead atoms. The standard InChI is InChI=1S/C12H15BrN2O3/c1-2-5-15(7-11(16)17)8-3-4-9(12(14)18)10(13)6-8/h3-4,6H,2,5,7H2,1H3,(H2,14,18)(H,16,17). The lowest BCUT2D eigenvalue weighted by molar-refractivity contribution is -0.135. The second-order valence-corrected chi connectivity index (χ2v) is 4.70. The zero-order valence-corrected chi connectivity index (χ0v) is 11.6.